The number of halogens is 4. The number of nitrogens with zero attached hydrogens (tertiary/aromatic N) is 3. The van der Waals surface area contributed by atoms with Crippen LogP contribution >= 0.6 is 0 Å². The molecule has 2 amide bonds. The van der Waals surface area contributed by atoms with Gasteiger partial charge >= 0.3 is 0 Å². The number of rotatable bonds is 6. The van der Waals surface area contributed by atoms with Gasteiger partial charge in [0.1, 0.15) is 0 Å². The fraction of sp³-hybridized carbons (Fsp3) is 0.304. The smallest absolute Gasteiger partial charge is 0.277 e. The molecule has 1 aromatic carbocycles. The zero-order chi connectivity index (χ0) is 25.2. The van der Waals surface area contributed by atoms with Gasteiger partial charge in [0.05, 0.1) is 11.3 Å². The van der Waals surface area contributed by atoms with Crippen molar-refractivity contribution in [2.24, 2.45) is 5.41 Å². The van der Waals surface area contributed by atoms with Crippen molar-refractivity contribution in [1.29, 1.82) is 0 Å². The summed E-state index contributed by atoms with van der Waals surface area (Å²) in [5, 5.41) is 2.16. The van der Waals surface area contributed by atoms with Crippen LogP contribution in [0.4, 0.5) is 23.5 Å². The highest BCUT2D eigenvalue weighted by atomic mass is 19.3. The maximum Gasteiger partial charge on any atom is 0.277 e. The van der Waals surface area contributed by atoms with E-state index in [1.54, 1.807) is 0 Å². The van der Waals surface area contributed by atoms with Crippen LogP contribution in [0.1, 0.15) is 36.8 Å². The van der Waals surface area contributed by atoms with Crippen LogP contribution in [-0.4, -0.2) is 39.4 Å². The molecule has 11 heteroatoms. The fourth-order valence-electron chi connectivity index (χ4n) is 3.18. The molecule has 1 unspecified atom stereocenters. The summed E-state index contributed by atoms with van der Waals surface area (Å²) in [5.74, 6) is -4.31. The number of aromatic amines is 1. The average molecular weight is 477 g/mol. The number of carbonyl (C=O) groups is 2. The topological polar surface area (TPSA) is 91.0 Å². The number of imidazole rings is 1. The van der Waals surface area contributed by atoms with E-state index in [1.807, 2.05) is 0 Å². The molecule has 0 spiro atoms. The number of carbonyl (C=O) groups excluding carboxylic acids is 2. The second kappa shape index (κ2) is 9.62. The number of pyridine rings is 1. The van der Waals surface area contributed by atoms with Gasteiger partial charge in [-0.05, 0) is 31.2 Å². The summed E-state index contributed by atoms with van der Waals surface area (Å²) in [6, 6.07) is 6.31. The molecule has 3 aromatic rings. The first kappa shape index (κ1) is 24.9. The molecule has 180 valence electrons. The minimum Gasteiger partial charge on any atom is -0.327 e. The van der Waals surface area contributed by atoms with Gasteiger partial charge in [-0.15, -0.1) is 0 Å². The summed E-state index contributed by atoms with van der Waals surface area (Å²) in [7, 11) is 0. The lowest BCUT2D eigenvalue weighted by Gasteiger charge is -2.34. The first-order valence-electron chi connectivity index (χ1n) is 10.3. The van der Waals surface area contributed by atoms with Crippen molar-refractivity contribution in [3.8, 4) is 11.3 Å². The Kier molecular flexibility index (Phi) is 7.04. The Labute approximate surface area is 193 Å². The van der Waals surface area contributed by atoms with Gasteiger partial charge in [0, 0.05) is 29.1 Å². The molecule has 34 heavy (non-hydrogen) atoms. The highest BCUT2D eigenvalue weighted by molar-refractivity contribution is 5.99. The number of amides is 2. The van der Waals surface area contributed by atoms with Gasteiger partial charge in [-0.3, -0.25) is 19.5 Å². The Bertz CT molecular complexity index is 1190. The standard InChI is InChI=1S/C23H23F4N5O2/c1-12-17(14-8-5-9-15(24)16(14)25)30-22(29-12)32(21(34)23(2,3)4)19(18(26)27)31-20(33)13-7-6-10-28-11-13/h5-11,18-19H,1-4H3,(H,29,30)(H,31,33). The van der Waals surface area contributed by atoms with Crippen LogP contribution in [0.2, 0.25) is 0 Å². The van der Waals surface area contributed by atoms with Crippen LogP contribution in [-0.2, 0) is 4.79 Å². The number of aryl methyl sites for hydroxylation is 1. The normalized spacial score (nSPS) is 12.5. The molecule has 1 atom stereocenters. The van der Waals surface area contributed by atoms with E-state index in [1.165, 1.54) is 64.4 Å². The van der Waals surface area contributed by atoms with Crippen LogP contribution < -0.4 is 10.2 Å². The molecule has 7 nitrogen and oxygen atoms in total. The third-order valence-corrected chi connectivity index (χ3v) is 4.89. The van der Waals surface area contributed by atoms with E-state index in [2.05, 4.69) is 20.3 Å². The molecule has 0 aliphatic carbocycles. The molecular formula is C23H23F4N5O2. The van der Waals surface area contributed by atoms with Crippen molar-refractivity contribution in [2.75, 3.05) is 4.90 Å². The summed E-state index contributed by atoms with van der Waals surface area (Å²) in [5.41, 5.74) is -1.22. The maximum atomic E-state index is 14.4. The van der Waals surface area contributed by atoms with Crippen LogP contribution in [0.25, 0.3) is 11.3 Å². The van der Waals surface area contributed by atoms with E-state index in [0.29, 0.717) is 4.90 Å². The first-order chi connectivity index (χ1) is 15.9. The highest BCUT2D eigenvalue weighted by Gasteiger charge is 2.40. The zero-order valence-corrected chi connectivity index (χ0v) is 18.9. The van der Waals surface area contributed by atoms with E-state index in [4.69, 9.17) is 0 Å². The molecule has 2 heterocycles. The number of hydrogen-bond acceptors (Lipinski definition) is 4. The van der Waals surface area contributed by atoms with Crippen molar-refractivity contribution in [1.82, 2.24) is 20.3 Å². The predicted octanol–water partition coefficient (Wildman–Crippen LogP) is 4.46. The molecular weight excluding hydrogens is 454 g/mol. The van der Waals surface area contributed by atoms with E-state index in [-0.39, 0.29) is 28.5 Å². The molecule has 0 fully saturated rings. The number of anilines is 1. The quantitative estimate of drug-likeness (QED) is 0.405. The first-order valence-corrected chi connectivity index (χ1v) is 10.3. The minimum atomic E-state index is -3.22. The predicted molar refractivity (Wildman–Crippen MR) is 117 cm³/mol. The highest BCUT2D eigenvalue weighted by Crippen LogP contribution is 2.31. The molecule has 2 aromatic heterocycles. The Hall–Kier alpha value is -3.76. The van der Waals surface area contributed by atoms with E-state index in [9.17, 15) is 27.2 Å². The van der Waals surface area contributed by atoms with Gasteiger partial charge in [0.2, 0.25) is 11.9 Å². The molecule has 2 N–H and O–H groups in total. The lowest BCUT2D eigenvalue weighted by Crippen LogP contribution is -2.58. The monoisotopic (exact) mass is 477 g/mol. The summed E-state index contributed by atoms with van der Waals surface area (Å²) in [6.07, 6.45) is -2.73. The molecule has 0 bridgehead atoms. The number of aromatic nitrogens is 3. The third-order valence-electron chi connectivity index (χ3n) is 4.89. The maximum absolute atomic E-state index is 14.4. The second-order valence-electron chi connectivity index (χ2n) is 8.56. The number of alkyl halides is 2. The van der Waals surface area contributed by atoms with Gasteiger partial charge in [-0.1, -0.05) is 26.8 Å². The summed E-state index contributed by atoms with van der Waals surface area (Å²) < 4.78 is 56.6. The third kappa shape index (κ3) is 5.08. The zero-order valence-electron chi connectivity index (χ0n) is 18.9. The van der Waals surface area contributed by atoms with E-state index in [0.717, 1.165) is 6.07 Å². The lowest BCUT2D eigenvalue weighted by molar-refractivity contribution is -0.127. The Morgan fingerprint density at radius 3 is 2.41 bits per heavy atom. The fourth-order valence-corrected chi connectivity index (χ4v) is 3.18. The SMILES string of the molecule is Cc1[nH]c(N(C(=O)C(C)(C)C)C(NC(=O)c2cccnc2)C(F)F)nc1-c1cccc(F)c1F. The molecule has 0 aliphatic rings. The number of H-pyrrole nitrogens is 1. The lowest BCUT2D eigenvalue weighted by atomic mass is 9.94. The van der Waals surface area contributed by atoms with E-state index >= 15 is 0 Å². The summed E-state index contributed by atoms with van der Waals surface area (Å²) in [4.78, 5) is 37.1. The largest absolute Gasteiger partial charge is 0.327 e. The Morgan fingerprint density at radius 2 is 1.82 bits per heavy atom. The summed E-state index contributed by atoms with van der Waals surface area (Å²) in [6.45, 7) is 6.01. The Morgan fingerprint density at radius 1 is 1.12 bits per heavy atom. The van der Waals surface area contributed by atoms with Crippen molar-refractivity contribution in [3.63, 3.8) is 0 Å². The van der Waals surface area contributed by atoms with Gasteiger partial charge in [-0.2, -0.15) is 0 Å². The minimum absolute atomic E-state index is 0.00875. The van der Waals surface area contributed by atoms with Gasteiger partial charge in [0.25, 0.3) is 12.3 Å². The number of benzene rings is 1. The average Bonchev–Trinajstić information content (AvgIpc) is 3.15. The number of hydrogen-bond donors (Lipinski definition) is 2. The molecule has 0 radical (unpaired) electrons. The van der Waals surface area contributed by atoms with Crippen molar-refractivity contribution >= 4 is 17.8 Å². The van der Waals surface area contributed by atoms with Gasteiger partial charge in [0.15, 0.2) is 17.8 Å². The van der Waals surface area contributed by atoms with Gasteiger partial charge in [-0.25, -0.2) is 22.5 Å². The Balaban J connectivity index is 2.10. The van der Waals surface area contributed by atoms with Crippen molar-refractivity contribution < 1.29 is 27.2 Å². The molecule has 3 rings (SSSR count). The van der Waals surface area contributed by atoms with Crippen LogP contribution in [0.15, 0.2) is 42.7 Å². The van der Waals surface area contributed by atoms with Crippen LogP contribution in [0.5, 0.6) is 0 Å². The molecule has 0 saturated heterocycles. The van der Waals surface area contributed by atoms with Crippen LogP contribution in [0.3, 0.4) is 0 Å². The van der Waals surface area contributed by atoms with Crippen molar-refractivity contribution in [3.05, 3.63) is 65.6 Å². The molecule has 0 saturated carbocycles. The number of nitrogens with one attached hydrogen (secondary N) is 2. The summed E-state index contributed by atoms with van der Waals surface area (Å²) >= 11 is 0. The molecule has 0 aliphatic heterocycles. The van der Waals surface area contributed by atoms with E-state index < -0.39 is 41.5 Å². The second-order valence-corrected chi connectivity index (χ2v) is 8.56. The van der Waals surface area contributed by atoms with Crippen molar-refractivity contribution in [2.45, 2.75) is 40.3 Å². The van der Waals surface area contributed by atoms with Gasteiger partial charge < -0.3 is 10.3 Å². The van der Waals surface area contributed by atoms with Crippen LogP contribution in [0, 0.1) is 24.0 Å².